The topological polar surface area (TPSA) is 54.6 Å². The van der Waals surface area contributed by atoms with Crippen molar-refractivity contribution in [2.24, 2.45) is 12.2 Å². The number of hydrogen-bond donors (Lipinski definition) is 1. The van der Waals surface area contributed by atoms with Crippen LogP contribution in [0.3, 0.4) is 0 Å². The number of rotatable bonds is 1. The van der Waals surface area contributed by atoms with Crippen molar-refractivity contribution >= 4 is 16.6 Å². The van der Waals surface area contributed by atoms with Crippen molar-refractivity contribution in [3.8, 4) is 5.88 Å². The number of nitroso groups, excluding NO2 is 1. The number of nitrogens with zero attached hydrogens (tertiary/aromatic N) is 2. The third-order valence-corrected chi connectivity index (χ3v) is 3.71. The van der Waals surface area contributed by atoms with Crippen molar-refractivity contribution in [3.63, 3.8) is 0 Å². The van der Waals surface area contributed by atoms with E-state index in [0.29, 0.717) is 0 Å². The van der Waals surface area contributed by atoms with Crippen LogP contribution in [0.4, 0.5) is 5.69 Å². The Morgan fingerprint density at radius 1 is 1.29 bits per heavy atom. The number of aromatic hydroxyl groups is 1. The highest BCUT2D eigenvalue weighted by Crippen LogP contribution is 2.41. The second kappa shape index (κ2) is 3.58. The first-order valence-corrected chi connectivity index (χ1v) is 5.89. The van der Waals surface area contributed by atoms with Crippen LogP contribution in [0.5, 0.6) is 5.88 Å². The van der Waals surface area contributed by atoms with E-state index in [0.717, 1.165) is 23.7 Å². The van der Waals surface area contributed by atoms with Gasteiger partial charge in [-0.25, -0.2) is 0 Å². The molecule has 0 unspecified atom stereocenters. The molecule has 0 saturated carbocycles. The van der Waals surface area contributed by atoms with Crippen LogP contribution in [0.15, 0.2) is 17.3 Å². The lowest BCUT2D eigenvalue weighted by atomic mass is 9.90. The lowest BCUT2D eigenvalue weighted by molar-refractivity contribution is 0.436. The van der Waals surface area contributed by atoms with Crippen molar-refractivity contribution in [2.75, 3.05) is 0 Å². The molecule has 0 atom stereocenters. The summed E-state index contributed by atoms with van der Waals surface area (Å²) in [6, 6.07) is 3.96. The van der Waals surface area contributed by atoms with Crippen LogP contribution in [0.1, 0.15) is 24.0 Å². The van der Waals surface area contributed by atoms with E-state index < -0.39 is 0 Å². The van der Waals surface area contributed by atoms with Crippen LogP contribution >= 0.6 is 0 Å². The van der Waals surface area contributed by atoms with Gasteiger partial charge in [-0.1, -0.05) is 12.1 Å². The predicted molar refractivity (Wildman–Crippen MR) is 66.7 cm³/mol. The molecule has 0 aliphatic heterocycles. The summed E-state index contributed by atoms with van der Waals surface area (Å²) in [4.78, 5) is 10.8. The molecule has 0 amide bonds. The molecule has 1 aliphatic carbocycles. The van der Waals surface area contributed by atoms with E-state index in [2.05, 4.69) is 11.2 Å². The second-order valence-electron chi connectivity index (χ2n) is 4.63. The third kappa shape index (κ3) is 1.30. The zero-order valence-electron chi connectivity index (χ0n) is 9.73. The average molecular weight is 230 g/mol. The lowest BCUT2D eigenvalue weighted by Gasteiger charge is -2.17. The van der Waals surface area contributed by atoms with E-state index in [1.165, 1.54) is 24.0 Å². The highest BCUT2D eigenvalue weighted by Gasteiger charge is 2.21. The molecular formula is C13H14N2O2. The van der Waals surface area contributed by atoms with E-state index in [1.54, 1.807) is 11.6 Å². The summed E-state index contributed by atoms with van der Waals surface area (Å²) in [5.41, 5.74) is 3.73. The molecule has 17 heavy (non-hydrogen) atoms. The van der Waals surface area contributed by atoms with E-state index in [4.69, 9.17) is 0 Å². The number of benzene rings is 1. The van der Waals surface area contributed by atoms with Crippen molar-refractivity contribution in [1.29, 1.82) is 0 Å². The van der Waals surface area contributed by atoms with Crippen molar-refractivity contribution in [3.05, 3.63) is 28.2 Å². The van der Waals surface area contributed by atoms with Gasteiger partial charge in [0.2, 0.25) is 5.88 Å². The molecule has 1 heterocycles. The molecule has 2 aromatic rings. The second-order valence-corrected chi connectivity index (χ2v) is 4.63. The van der Waals surface area contributed by atoms with Crippen LogP contribution in [-0.4, -0.2) is 9.67 Å². The van der Waals surface area contributed by atoms with Crippen LogP contribution in [0.25, 0.3) is 10.9 Å². The average Bonchev–Trinajstić information content (AvgIpc) is 2.62. The van der Waals surface area contributed by atoms with Crippen molar-refractivity contribution < 1.29 is 5.11 Å². The highest BCUT2D eigenvalue weighted by atomic mass is 16.3. The summed E-state index contributed by atoms with van der Waals surface area (Å²) in [7, 11) is 1.78. The molecule has 88 valence electrons. The molecule has 0 radical (unpaired) electrons. The summed E-state index contributed by atoms with van der Waals surface area (Å²) >= 11 is 0. The Balaban J connectivity index is 2.43. The lowest BCUT2D eigenvalue weighted by Crippen LogP contribution is -2.04. The molecule has 4 nitrogen and oxygen atoms in total. The standard InChI is InChI=1S/C13H14N2O2/c1-15-12-9-5-3-2-4-8(9)6-7-10(12)11(14-17)13(15)16/h6-7,16H,2-5H2,1H3. The molecule has 1 aromatic heterocycles. The summed E-state index contributed by atoms with van der Waals surface area (Å²) in [6.45, 7) is 0. The predicted octanol–water partition coefficient (Wildman–Crippen LogP) is 3.16. The van der Waals surface area contributed by atoms with Gasteiger partial charge in [0.15, 0.2) is 5.69 Å². The summed E-state index contributed by atoms with van der Waals surface area (Å²) in [5.74, 6) is -0.0334. The smallest absolute Gasteiger partial charge is 0.222 e. The molecule has 0 bridgehead atoms. The van der Waals surface area contributed by atoms with Gasteiger partial charge in [-0.3, -0.25) is 0 Å². The minimum atomic E-state index is -0.0334. The maximum absolute atomic E-state index is 10.8. The molecule has 0 fully saturated rings. The maximum atomic E-state index is 10.8. The van der Waals surface area contributed by atoms with Gasteiger partial charge in [-0.2, -0.15) is 0 Å². The fourth-order valence-corrected chi connectivity index (χ4v) is 2.86. The number of hydrogen-bond acceptors (Lipinski definition) is 3. The Bertz CT molecular complexity index is 614. The Morgan fingerprint density at radius 2 is 2.06 bits per heavy atom. The van der Waals surface area contributed by atoms with E-state index in [9.17, 15) is 10.0 Å². The quantitative estimate of drug-likeness (QED) is 0.765. The molecule has 1 N–H and O–H groups in total. The Morgan fingerprint density at radius 3 is 2.82 bits per heavy atom. The first-order chi connectivity index (χ1) is 8.24. The highest BCUT2D eigenvalue weighted by molar-refractivity contribution is 5.97. The molecule has 0 spiro atoms. The number of fused-ring (bicyclic) bond motifs is 3. The van der Waals surface area contributed by atoms with Gasteiger partial charge in [-0.05, 0) is 42.0 Å². The largest absolute Gasteiger partial charge is 0.493 e. The van der Waals surface area contributed by atoms with Crippen molar-refractivity contribution in [2.45, 2.75) is 25.7 Å². The van der Waals surface area contributed by atoms with Crippen LogP contribution in [0.2, 0.25) is 0 Å². The zero-order chi connectivity index (χ0) is 12.0. The van der Waals surface area contributed by atoms with Crippen LogP contribution < -0.4 is 0 Å². The minimum Gasteiger partial charge on any atom is -0.493 e. The van der Waals surface area contributed by atoms with Crippen molar-refractivity contribution in [1.82, 2.24) is 4.57 Å². The summed E-state index contributed by atoms with van der Waals surface area (Å²) in [6.07, 6.45) is 4.49. The van der Waals surface area contributed by atoms with Gasteiger partial charge >= 0.3 is 0 Å². The maximum Gasteiger partial charge on any atom is 0.222 e. The first-order valence-electron chi connectivity index (χ1n) is 5.89. The molecule has 1 aromatic carbocycles. The zero-order valence-corrected chi connectivity index (χ0v) is 9.73. The Hall–Kier alpha value is -1.84. The van der Waals surface area contributed by atoms with E-state index >= 15 is 0 Å². The molecule has 4 heteroatoms. The fraction of sp³-hybridized carbons (Fsp3) is 0.385. The minimum absolute atomic E-state index is 0.0334. The first kappa shape index (κ1) is 10.3. The van der Waals surface area contributed by atoms with Crippen LogP contribution in [0, 0.1) is 4.91 Å². The molecular weight excluding hydrogens is 216 g/mol. The summed E-state index contributed by atoms with van der Waals surface area (Å²) in [5, 5.41) is 13.6. The van der Waals surface area contributed by atoms with Crippen LogP contribution in [-0.2, 0) is 19.9 Å². The SMILES string of the molecule is Cn1c(O)c(N=O)c2ccc3c(c21)CCCC3. The van der Waals surface area contributed by atoms with Gasteiger partial charge < -0.3 is 9.67 Å². The van der Waals surface area contributed by atoms with Gasteiger partial charge in [0.05, 0.1) is 5.52 Å². The van der Waals surface area contributed by atoms with E-state index in [1.807, 2.05) is 6.07 Å². The fourth-order valence-electron chi connectivity index (χ4n) is 2.86. The van der Waals surface area contributed by atoms with Gasteiger partial charge in [0.1, 0.15) is 0 Å². The van der Waals surface area contributed by atoms with E-state index in [-0.39, 0.29) is 11.6 Å². The molecule has 1 aliphatic rings. The normalized spacial score (nSPS) is 14.9. The van der Waals surface area contributed by atoms with Gasteiger partial charge in [0.25, 0.3) is 0 Å². The molecule has 0 saturated heterocycles. The Kier molecular flexibility index (Phi) is 2.18. The number of aryl methyl sites for hydroxylation is 3. The Labute approximate surface area is 98.8 Å². The third-order valence-electron chi connectivity index (χ3n) is 3.71. The number of aromatic nitrogens is 1. The van der Waals surface area contributed by atoms with Gasteiger partial charge in [-0.15, -0.1) is 4.91 Å². The van der Waals surface area contributed by atoms with Gasteiger partial charge in [0, 0.05) is 12.4 Å². The monoisotopic (exact) mass is 230 g/mol. The summed E-state index contributed by atoms with van der Waals surface area (Å²) < 4.78 is 1.68. The molecule has 3 rings (SSSR count).